The fraction of sp³-hybridized carbons (Fsp3) is 0.222. The molecule has 126 valence electrons. The highest BCUT2D eigenvalue weighted by Gasteiger charge is 2.26. The molecule has 1 aliphatic heterocycles. The summed E-state index contributed by atoms with van der Waals surface area (Å²) < 4.78 is 7.90. The van der Waals surface area contributed by atoms with E-state index < -0.39 is 0 Å². The van der Waals surface area contributed by atoms with Gasteiger partial charge in [-0.15, -0.1) is 10.2 Å². The van der Waals surface area contributed by atoms with E-state index in [1.807, 2.05) is 23.6 Å². The summed E-state index contributed by atoms with van der Waals surface area (Å²) in [5, 5.41) is 8.23. The summed E-state index contributed by atoms with van der Waals surface area (Å²) in [4.78, 5) is 18.8. The number of carbonyl (C=O) groups excluding carboxylic acids is 1. The minimum Gasteiger partial charge on any atom is -0.455 e. The Morgan fingerprint density at radius 3 is 2.84 bits per heavy atom. The van der Waals surface area contributed by atoms with Crippen molar-refractivity contribution in [1.82, 2.24) is 24.6 Å². The van der Waals surface area contributed by atoms with Crippen molar-refractivity contribution in [3.8, 4) is 11.5 Å². The zero-order chi connectivity index (χ0) is 17.2. The van der Waals surface area contributed by atoms with E-state index in [0.29, 0.717) is 36.7 Å². The number of benzene rings is 1. The van der Waals surface area contributed by atoms with Gasteiger partial charge in [0.2, 0.25) is 0 Å². The summed E-state index contributed by atoms with van der Waals surface area (Å²) in [6, 6.07) is 10.8. The molecule has 1 aliphatic rings. The van der Waals surface area contributed by atoms with Crippen LogP contribution in [0.4, 0.5) is 0 Å². The summed E-state index contributed by atoms with van der Waals surface area (Å²) in [6.45, 7) is 3.68. The molecule has 4 rings (SSSR count). The van der Waals surface area contributed by atoms with E-state index in [2.05, 4.69) is 15.2 Å². The van der Waals surface area contributed by atoms with Crippen LogP contribution in [-0.4, -0.2) is 37.1 Å². The molecule has 0 aliphatic carbocycles. The maximum atomic E-state index is 13.0. The zero-order valence-corrected chi connectivity index (χ0v) is 13.8. The topological polar surface area (TPSA) is 73.1 Å². The number of fused-ring (bicyclic) bond motifs is 1. The lowest BCUT2D eigenvalue weighted by molar-refractivity contribution is 0.0704. The van der Waals surface area contributed by atoms with Gasteiger partial charge in [0.05, 0.1) is 18.3 Å². The van der Waals surface area contributed by atoms with Crippen LogP contribution in [0.5, 0.6) is 11.5 Å². The Morgan fingerprint density at radius 2 is 2.00 bits per heavy atom. The number of para-hydroxylation sites is 1. The maximum Gasteiger partial charge on any atom is 0.258 e. The quantitative estimate of drug-likeness (QED) is 0.735. The van der Waals surface area contributed by atoms with Crippen LogP contribution in [0.15, 0.2) is 48.8 Å². The molecule has 2 aromatic heterocycles. The van der Waals surface area contributed by atoms with Crippen molar-refractivity contribution >= 4 is 5.91 Å². The molecular formula is C18H17N5O2. The van der Waals surface area contributed by atoms with E-state index >= 15 is 0 Å². The van der Waals surface area contributed by atoms with Crippen LogP contribution < -0.4 is 4.74 Å². The van der Waals surface area contributed by atoms with Crippen molar-refractivity contribution in [1.29, 1.82) is 0 Å². The molecule has 3 heterocycles. The molecule has 0 fully saturated rings. The molecular weight excluding hydrogens is 318 g/mol. The maximum absolute atomic E-state index is 13.0. The summed E-state index contributed by atoms with van der Waals surface area (Å²) in [7, 11) is 0. The number of carbonyl (C=O) groups is 1. The van der Waals surface area contributed by atoms with E-state index in [1.54, 1.807) is 41.6 Å². The second-order valence-electron chi connectivity index (χ2n) is 5.83. The Bertz CT molecular complexity index is 907. The molecule has 1 aromatic carbocycles. The van der Waals surface area contributed by atoms with Crippen LogP contribution in [0, 0.1) is 6.92 Å². The minimum absolute atomic E-state index is 0.0774. The zero-order valence-electron chi connectivity index (χ0n) is 13.8. The standard InChI is InChI=1S/C18H17N5O2/c1-13-20-21-17-12-22(9-10-23(13)17)18(24)15-6-2-3-7-16(15)25-14-5-4-8-19-11-14/h2-8,11H,9-10,12H2,1H3. The molecule has 0 N–H and O–H groups in total. The van der Waals surface area contributed by atoms with Crippen molar-refractivity contribution in [2.24, 2.45) is 0 Å². The molecule has 3 aromatic rings. The van der Waals surface area contributed by atoms with Crippen LogP contribution in [0.1, 0.15) is 22.0 Å². The van der Waals surface area contributed by atoms with Crippen LogP contribution in [0.25, 0.3) is 0 Å². The van der Waals surface area contributed by atoms with Crippen molar-refractivity contribution in [2.45, 2.75) is 20.0 Å². The van der Waals surface area contributed by atoms with Gasteiger partial charge in [-0.2, -0.15) is 0 Å². The van der Waals surface area contributed by atoms with Crippen LogP contribution in [-0.2, 0) is 13.1 Å². The second kappa shape index (κ2) is 6.35. The first kappa shape index (κ1) is 15.3. The number of amides is 1. The Balaban J connectivity index is 1.59. The van der Waals surface area contributed by atoms with Gasteiger partial charge in [-0.25, -0.2) is 0 Å². The second-order valence-corrected chi connectivity index (χ2v) is 5.83. The monoisotopic (exact) mass is 335 g/mol. The van der Waals surface area contributed by atoms with Gasteiger partial charge in [0, 0.05) is 19.3 Å². The highest BCUT2D eigenvalue weighted by molar-refractivity contribution is 5.97. The van der Waals surface area contributed by atoms with Gasteiger partial charge in [0.25, 0.3) is 5.91 Å². The average molecular weight is 335 g/mol. The minimum atomic E-state index is -0.0774. The lowest BCUT2D eigenvalue weighted by Crippen LogP contribution is -2.38. The molecule has 1 amide bonds. The first-order valence-electron chi connectivity index (χ1n) is 8.07. The number of ether oxygens (including phenoxy) is 1. The van der Waals surface area contributed by atoms with Gasteiger partial charge in [0.1, 0.15) is 17.3 Å². The van der Waals surface area contributed by atoms with Crippen molar-refractivity contribution in [2.75, 3.05) is 6.54 Å². The number of aromatic nitrogens is 4. The fourth-order valence-electron chi connectivity index (χ4n) is 2.91. The van der Waals surface area contributed by atoms with E-state index in [1.165, 1.54) is 0 Å². The third-order valence-electron chi connectivity index (χ3n) is 4.21. The van der Waals surface area contributed by atoms with E-state index in [-0.39, 0.29) is 5.91 Å². The van der Waals surface area contributed by atoms with Crippen LogP contribution in [0.2, 0.25) is 0 Å². The molecule has 0 bridgehead atoms. The molecule has 0 saturated heterocycles. The molecule has 0 unspecified atom stereocenters. The Hall–Kier alpha value is -3.22. The van der Waals surface area contributed by atoms with Crippen molar-refractivity contribution in [3.63, 3.8) is 0 Å². The number of hydrogen-bond acceptors (Lipinski definition) is 5. The summed E-state index contributed by atoms with van der Waals surface area (Å²) >= 11 is 0. The SMILES string of the molecule is Cc1nnc2n1CCN(C(=O)c1ccccc1Oc1cccnc1)C2. The largest absolute Gasteiger partial charge is 0.455 e. The van der Waals surface area contributed by atoms with E-state index in [4.69, 9.17) is 4.74 Å². The molecule has 7 heteroatoms. The van der Waals surface area contributed by atoms with Gasteiger partial charge in [-0.1, -0.05) is 12.1 Å². The van der Waals surface area contributed by atoms with Gasteiger partial charge >= 0.3 is 0 Å². The molecule has 7 nitrogen and oxygen atoms in total. The van der Waals surface area contributed by atoms with Crippen LogP contribution in [0.3, 0.4) is 0 Å². The fourth-order valence-corrected chi connectivity index (χ4v) is 2.91. The first-order chi connectivity index (χ1) is 12.2. The Labute approximate surface area is 144 Å². The molecule has 0 spiro atoms. The Kier molecular flexibility index (Phi) is 3.89. The number of nitrogens with zero attached hydrogens (tertiary/aromatic N) is 5. The molecule has 0 atom stereocenters. The van der Waals surface area contributed by atoms with Crippen molar-refractivity contribution < 1.29 is 9.53 Å². The molecule has 25 heavy (non-hydrogen) atoms. The number of pyridine rings is 1. The van der Waals surface area contributed by atoms with E-state index in [9.17, 15) is 4.79 Å². The Morgan fingerprint density at radius 1 is 1.12 bits per heavy atom. The van der Waals surface area contributed by atoms with Gasteiger partial charge < -0.3 is 14.2 Å². The molecule has 0 saturated carbocycles. The third-order valence-corrected chi connectivity index (χ3v) is 4.21. The average Bonchev–Trinajstić information content (AvgIpc) is 3.03. The number of aryl methyl sites for hydroxylation is 1. The molecule has 0 radical (unpaired) electrons. The summed E-state index contributed by atoms with van der Waals surface area (Å²) in [6.07, 6.45) is 3.29. The highest BCUT2D eigenvalue weighted by atomic mass is 16.5. The van der Waals surface area contributed by atoms with Gasteiger partial charge in [-0.05, 0) is 31.2 Å². The predicted molar refractivity (Wildman–Crippen MR) is 90.3 cm³/mol. The normalized spacial score (nSPS) is 13.4. The number of rotatable bonds is 3. The third kappa shape index (κ3) is 2.96. The predicted octanol–water partition coefficient (Wildman–Crippen LogP) is 2.43. The van der Waals surface area contributed by atoms with Gasteiger partial charge in [0.15, 0.2) is 5.82 Å². The highest BCUT2D eigenvalue weighted by Crippen LogP contribution is 2.26. The summed E-state index contributed by atoms with van der Waals surface area (Å²) in [5.74, 6) is 2.72. The van der Waals surface area contributed by atoms with Crippen LogP contribution >= 0.6 is 0 Å². The lowest BCUT2D eigenvalue weighted by Gasteiger charge is -2.28. The number of hydrogen-bond donors (Lipinski definition) is 0. The van der Waals surface area contributed by atoms with Crippen molar-refractivity contribution in [3.05, 3.63) is 66.0 Å². The summed E-state index contributed by atoms with van der Waals surface area (Å²) in [5.41, 5.74) is 0.524. The van der Waals surface area contributed by atoms with E-state index in [0.717, 1.165) is 11.6 Å². The lowest BCUT2D eigenvalue weighted by atomic mass is 10.1. The first-order valence-corrected chi connectivity index (χ1v) is 8.07. The smallest absolute Gasteiger partial charge is 0.258 e. The van der Waals surface area contributed by atoms with Gasteiger partial charge in [-0.3, -0.25) is 9.78 Å².